The van der Waals surface area contributed by atoms with Gasteiger partial charge in [-0.15, -0.1) is 11.3 Å². The highest BCUT2D eigenvalue weighted by Gasteiger charge is 2.08. The molecule has 5 nitrogen and oxygen atoms in total. The zero-order valence-corrected chi connectivity index (χ0v) is 15.5. The van der Waals surface area contributed by atoms with E-state index in [1.807, 2.05) is 35.7 Å². The first-order chi connectivity index (χ1) is 12.7. The first-order valence-electron chi connectivity index (χ1n) is 8.33. The van der Waals surface area contributed by atoms with Gasteiger partial charge in [-0.05, 0) is 48.9 Å². The van der Waals surface area contributed by atoms with E-state index in [0.717, 1.165) is 40.9 Å². The van der Waals surface area contributed by atoms with Gasteiger partial charge in [-0.3, -0.25) is 0 Å². The summed E-state index contributed by atoms with van der Waals surface area (Å²) in [7, 11) is 1.37. The van der Waals surface area contributed by atoms with Crippen molar-refractivity contribution in [3.63, 3.8) is 0 Å². The average molecular weight is 368 g/mol. The summed E-state index contributed by atoms with van der Waals surface area (Å²) < 4.78 is 10.3. The summed E-state index contributed by atoms with van der Waals surface area (Å²) >= 11 is 1.51. The fourth-order valence-corrected chi connectivity index (χ4v) is 3.11. The normalized spacial score (nSPS) is 10.4. The molecule has 26 heavy (non-hydrogen) atoms. The van der Waals surface area contributed by atoms with Gasteiger partial charge in [0.2, 0.25) is 0 Å². The van der Waals surface area contributed by atoms with Crippen LogP contribution >= 0.6 is 11.3 Å². The van der Waals surface area contributed by atoms with Gasteiger partial charge >= 0.3 is 5.97 Å². The number of rotatable bonds is 7. The molecule has 0 saturated heterocycles. The Bertz CT molecular complexity index is 875. The van der Waals surface area contributed by atoms with Crippen molar-refractivity contribution in [1.29, 1.82) is 0 Å². The van der Waals surface area contributed by atoms with Gasteiger partial charge in [0.1, 0.15) is 5.75 Å². The molecule has 0 radical (unpaired) electrons. The molecule has 0 saturated carbocycles. The van der Waals surface area contributed by atoms with Crippen LogP contribution in [0.25, 0.3) is 11.3 Å². The number of methoxy groups -OCH3 is 1. The summed E-state index contributed by atoms with van der Waals surface area (Å²) in [6, 6.07) is 15.1. The minimum absolute atomic E-state index is 0.362. The first kappa shape index (κ1) is 17.9. The number of anilines is 2. The number of thiazole rings is 1. The van der Waals surface area contributed by atoms with Crippen LogP contribution in [0.2, 0.25) is 0 Å². The fraction of sp³-hybridized carbons (Fsp3) is 0.200. The van der Waals surface area contributed by atoms with Crippen LogP contribution in [0.4, 0.5) is 10.8 Å². The van der Waals surface area contributed by atoms with Crippen molar-refractivity contribution >= 4 is 28.1 Å². The van der Waals surface area contributed by atoms with Crippen molar-refractivity contribution in [2.45, 2.75) is 13.3 Å². The lowest BCUT2D eigenvalue weighted by atomic mass is 10.2. The van der Waals surface area contributed by atoms with E-state index in [2.05, 4.69) is 17.2 Å². The molecule has 0 aliphatic rings. The number of esters is 1. The Morgan fingerprint density at radius 3 is 2.73 bits per heavy atom. The molecule has 3 aromatic rings. The molecule has 6 heteroatoms. The third-order valence-corrected chi connectivity index (χ3v) is 4.42. The molecular weight excluding hydrogens is 348 g/mol. The Kier molecular flexibility index (Phi) is 5.86. The van der Waals surface area contributed by atoms with Gasteiger partial charge in [0.25, 0.3) is 0 Å². The zero-order chi connectivity index (χ0) is 18.4. The van der Waals surface area contributed by atoms with E-state index in [1.54, 1.807) is 18.2 Å². The summed E-state index contributed by atoms with van der Waals surface area (Å²) in [5.41, 5.74) is 3.21. The summed E-state index contributed by atoms with van der Waals surface area (Å²) in [6.45, 7) is 2.80. The van der Waals surface area contributed by atoms with Gasteiger partial charge in [0, 0.05) is 16.6 Å². The lowest BCUT2D eigenvalue weighted by molar-refractivity contribution is 0.0601. The molecule has 1 aromatic heterocycles. The largest absolute Gasteiger partial charge is 0.494 e. The Balaban J connectivity index is 1.71. The molecule has 1 N–H and O–H groups in total. The van der Waals surface area contributed by atoms with Crippen molar-refractivity contribution < 1.29 is 14.3 Å². The summed E-state index contributed by atoms with van der Waals surface area (Å²) in [4.78, 5) is 16.2. The molecule has 1 heterocycles. The number of carbonyl (C=O) groups is 1. The van der Waals surface area contributed by atoms with Gasteiger partial charge in [-0.1, -0.05) is 13.0 Å². The molecule has 0 atom stereocenters. The highest BCUT2D eigenvalue weighted by molar-refractivity contribution is 7.14. The lowest BCUT2D eigenvalue weighted by Gasteiger charge is -2.05. The molecule has 134 valence electrons. The van der Waals surface area contributed by atoms with Crippen molar-refractivity contribution in [1.82, 2.24) is 4.98 Å². The SMILES string of the molecule is CCCOc1ccc(-c2csc(Nc3cccc(C(=O)OC)c3)n2)cc1. The molecule has 2 aromatic carbocycles. The van der Waals surface area contributed by atoms with E-state index in [-0.39, 0.29) is 5.97 Å². The first-order valence-corrected chi connectivity index (χ1v) is 9.21. The number of ether oxygens (including phenoxy) is 2. The van der Waals surface area contributed by atoms with Crippen LogP contribution in [-0.2, 0) is 4.74 Å². The molecule has 0 bridgehead atoms. The van der Waals surface area contributed by atoms with E-state index in [4.69, 9.17) is 9.47 Å². The maximum atomic E-state index is 11.6. The monoisotopic (exact) mass is 368 g/mol. The second-order valence-corrected chi connectivity index (χ2v) is 6.47. The van der Waals surface area contributed by atoms with Crippen LogP contribution in [-0.4, -0.2) is 24.7 Å². The average Bonchev–Trinajstić information content (AvgIpc) is 3.14. The van der Waals surface area contributed by atoms with Crippen LogP contribution in [0, 0.1) is 0 Å². The van der Waals surface area contributed by atoms with Crippen LogP contribution in [0.1, 0.15) is 23.7 Å². The van der Waals surface area contributed by atoms with E-state index < -0.39 is 0 Å². The minimum Gasteiger partial charge on any atom is -0.494 e. The second kappa shape index (κ2) is 8.49. The number of carbonyl (C=O) groups excluding carboxylic acids is 1. The Morgan fingerprint density at radius 2 is 2.00 bits per heavy atom. The predicted octanol–water partition coefficient (Wildman–Crippen LogP) is 5.13. The molecule has 3 rings (SSSR count). The quantitative estimate of drug-likeness (QED) is 0.586. The van der Waals surface area contributed by atoms with Crippen molar-refractivity contribution in [2.75, 3.05) is 19.0 Å². The van der Waals surface area contributed by atoms with Crippen molar-refractivity contribution in [2.24, 2.45) is 0 Å². The summed E-state index contributed by atoms with van der Waals surface area (Å²) in [5.74, 6) is 0.502. The van der Waals surface area contributed by atoms with Crippen LogP contribution < -0.4 is 10.1 Å². The highest BCUT2D eigenvalue weighted by atomic mass is 32.1. The standard InChI is InChI=1S/C20H20N2O3S/c1-3-11-25-17-9-7-14(8-10-17)18-13-26-20(22-18)21-16-6-4-5-15(12-16)19(23)24-2/h4-10,12-13H,3,11H2,1-2H3,(H,21,22). The van der Waals surface area contributed by atoms with E-state index in [9.17, 15) is 4.79 Å². The topological polar surface area (TPSA) is 60.5 Å². The molecule has 0 unspecified atom stereocenters. The maximum absolute atomic E-state index is 11.6. The zero-order valence-electron chi connectivity index (χ0n) is 14.7. The van der Waals surface area contributed by atoms with E-state index in [1.165, 1.54) is 18.4 Å². The summed E-state index contributed by atoms with van der Waals surface area (Å²) in [5, 5.41) is 5.98. The molecule has 0 aliphatic carbocycles. The van der Waals surface area contributed by atoms with Gasteiger partial charge in [0.15, 0.2) is 5.13 Å². The number of aromatic nitrogens is 1. The van der Waals surface area contributed by atoms with Crippen LogP contribution in [0.5, 0.6) is 5.75 Å². The van der Waals surface area contributed by atoms with Crippen molar-refractivity contribution in [3.8, 4) is 17.0 Å². The molecule has 0 fully saturated rings. The Hall–Kier alpha value is -2.86. The second-order valence-electron chi connectivity index (χ2n) is 5.61. The predicted molar refractivity (Wildman–Crippen MR) is 104 cm³/mol. The lowest BCUT2D eigenvalue weighted by Crippen LogP contribution is -2.01. The molecular formula is C20H20N2O3S. The van der Waals surface area contributed by atoms with Gasteiger partial charge in [-0.25, -0.2) is 9.78 Å². The third-order valence-electron chi connectivity index (χ3n) is 3.66. The molecule has 0 spiro atoms. The van der Waals surface area contributed by atoms with Crippen LogP contribution in [0.3, 0.4) is 0 Å². The van der Waals surface area contributed by atoms with Gasteiger partial charge in [-0.2, -0.15) is 0 Å². The Labute approximate surface area is 156 Å². The Morgan fingerprint density at radius 1 is 1.19 bits per heavy atom. The smallest absolute Gasteiger partial charge is 0.337 e. The number of nitrogens with zero attached hydrogens (tertiary/aromatic N) is 1. The van der Waals surface area contributed by atoms with Crippen molar-refractivity contribution in [3.05, 3.63) is 59.5 Å². The van der Waals surface area contributed by atoms with Gasteiger partial charge in [0.05, 0.1) is 25.0 Å². The van der Waals surface area contributed by atoms with E-state index >= 15 is 0 Å². The minimum atomic E-state index is -0.362. The number of benzene rings is 2. The highest BCUT2D eigenvalue weighted by Crippen LogP contribution is 2.28. The third kappa shape index (κ3) is 4.40. The summed E-state index contributed by atoms with van der Waals surface area (Å²) in [6.07, 6.45) is 0.986. The molecule has 0 amide bonds. The fourth-order valence-electron chi connectivity index (χ4n) is 2.37. The molecule has 0 aliphatic heterocycles. The number of nitrogens with one attached hydrogen (secondary N) is 1. The maximum Gasteiger partial charge on any atom is 0.337 e. The van der Waals surface area contributed by atoms with Gasteiger partial charge < -0.3 is 14.8 Å². The van der Waals surface area contributed by atoms with Crippen LogP contribution in [0.15, 0.2) is 53.9 Å². The van der Waals surface area contributed by atoms with E-state index in [0.29, 0.717) is 5.56 Å². The number of hydrogen-bond donors (Lipinski definition) is 1. The number of hydrogen-bond acceptors (Lipinski definition) is 6.